The van der Waals surface area contributed by atoms with E-state index in [2.05, 4.69) is 5.16 Å². The molecular formula is C19H12ClFN2O4. The summed E-state index contributed by atoms with van der Waals surface area (Å²) in [4.78, 5) is 12.7. The number of halogens is 2. The van der Waals surface area contributed by atoms with Crippen molar-refractivity contribution in [2.45, 2.75) is 6.92 Å². The number of nitrogens with zero attached hydrogens (tertiary/aromatic N) is 2. The molecule has 136 valence electrons. The highest BCUT2D eigenvalue weighted by Gasteiger charge is 2.27. The van der Waals surface area contributed by atoms with Gasteiger partial charge in [0.2, 0.25) is 0 Å². The fourth-order valence-electron chi connectivity index (χ4n) is 2.48. The van der Waals surface area contributed by atoms with Crippen LogP contribution in [0.1, 0.15) is 21.7 Å². The second kappa shape index (κ2) is 7.48. The van der Waals surface area contributed by atoms with Crippen LogP contribution in [0.15, 0.2) is 40.9 Å². The van der Waals surface area contributed by atoms with Crippen LogP contribution >= 0.6 is 11.6 Å². The quantitative estimate of drug-likeness (QED) is 0.483. The van der Waals surface area contributed by atoms with Crippen molar-refractivity contribution in [1.82, 2.24) is 5.16 Å². The Kier molecular flexibility index (Phi) is 5.10. The molecule has 1 heterocycles. The molecule has 0 saturated heterocycles. The molecule has 2 aromatic carbocycles. The number of benzene rings is 2. The molecule has 0 amide bonds. The van der Waals surface area contributed by atoms with Gasteiger partial charge < -0.3 is 14.0 Å². The monoisotopic (exact) mass is 386 g/mol. The lowest BCUT2D eigenvalue weighted by molar-refractivity contribution is 0.0728. The lowest BCUT2D eigenvalue weighted by Crippen LogP contribution is -2.11. The molecule has 6 nitrogen and oxygen atoms in total. The van der Waals surface area contributed by atoms with Gasteiger partial charge in [-0.2, -0.15) is 5.26 Å². The molecule has 0 N–H and O–H groups in total. The molecule has 8 heteroatoms. The van der Waals surface area contributed by atoms with E-state index in [9.17, 15) is 9.18 Å². The van der Waals surface area contributed by atoms with Crippen molar-refractivity contribution in [3.63, 3.8) is 0 Å². The minimum absolute atomic E-state index is 0.0604. The zero-order valence-corrected chi connectivity index (χ0v) is 15.0. The average Bonchev–Trinajstić information content (AvgIpc) is 3.03. The summed E-state index contributed by atoms with van der Waals surface area (Å²) in [5, 5.41) is 12.8. The Hall–Kier alpha value is -3.37. The third-order valence-corrected chi connectivity index (χ3v) is 4.08. The van der Waals surface area contributed by atoms with Crippen molar-refractivity contribution in [1.29, 1.82) is 5.26 Å². The predicted octanol–water partition coefficient (Wildman–Crippen LogP) is 4.54. The van der Waals surface area contributed by atoms with Crippen LogP contribution in [0.5, 0.6) is 11.5 Å². The third-order valence-electron chi connectivity index (χ3n) is 3.76. The molecule has 0 radical (unpaired) electrons. The summed E-state index contributed by atoms with van der Waals surface area (Å²) in [5.41, 5.74) is 0.156. The molecule has 27 heavy (non-hydrogen) atoms. The first-order chi connectivity index (χ1) is 13.0. The van der Waals surface area contributed by atoms with Gasteiger partial charge in [-0.25, -0.2) is 9.18 Å². The zero-order chi connectivity index (χ0) is 19.6. The van der Waals surface area contributed by atoms with E-state index in [1.807, 2.05) is 6.07 Å². The normalized spacial score (nSPS) is 10.3. The van der Waals surface area contributed by atoms with E-state index in [1.54, 1.807) is 0 Å². The molecule has 0 atom stereocenters. The first-order valence-electron chi connectivity index (χ1n) is 7.67. The summed E-state index contributed by atoms with van der Waals surface area (Å²) >= 11 is 6.07. The van der Waals surface area contributed by atoms with E-state index >= 15 is 0 Å². The van der Waals surface area contributed by atoms with Gasteiger partial charge in [0, 0.05) is 6.07 Å². The topological polar surface area (TPSA) is 85.4 Å². The van der Waals surface area contributed by atoms with Gasteiger partial charge in [0.25, 0.3) is 0 Å². The average molecular weight is 387 g/mol. The van der Waals surface area contributed by atoms with E-state index < -0.39 is 11.8 Å². The van der Waals surface area contributed by atoms with Crippen molar-refractivity contribution >= 4 is 17.6 Å². The van der Waals surface area contributed by atoms with E-state index in [-0.39, 0.29) is 39.1 Å². The minimum Gasteiger partial charge on any atom is -0.493 e. The molecule has 0 unspecified atom stereocenters. The first-order valence-corrected chi connectivity index (χ1v) is 8.05. The fourth-order valence-corrected chi connectivity index (χ4v) is 2.73. The van der Waals surface area contributed by atoms with Gasteiger partial charge in [-0.1, -0.05) is 22.8 Å². The highest BCUT2D eigenvalue weighted by atomic mass is 35.5. The number of carbonyl (C=O) groups excluding carboxylic acids is 1. The molecule has 0 aliphatic rings. The van der Waals surface area contributed by atoms with Crippen LogP contribution in [0.3, 0.4) is 0 Å². The maximum Gasteiger partial charge on any atom is 0.349 e. The van der Waals surface area contributed by atoms with E-state index in [0.29, 0.717) is 5.56 Å². The van der Waals surface area contributed by atoms with E-state index in [0.717, 1.165) is 0 Å². The number of carbonyl (C=O) groups is 1. The van der Waals surface area contributed by atoms with Crippen LogP contribution < -0.4 is 9.47 Å². The summed E-state index contributed by atoms with van der Waals surface area (Å²) in [6.07, 6.45) is 0. The summed E-state index contributed by atoms with van der Waals surface area (Å²) in [7, 11) is 1.38. The molecule has 0 fully saturated rings. The molecule has 3 rings (SSSR count). The van der Waals surface area contributed by atoms with Crippen LogP contribution in [0.4, 0.5) is 4.39 Å². The number of methoxy groups -OCH3 is 1. The molecular weight excluding hydrogens is 375 g/mol. The van der Waals surface area contributed by atoms with Crippen molar-refractivity contribution < 1.29 is 23.2 Å². The number of hydrogen-bond acceptors (Lipinski definition) is 6. The minimum atomic E-state index is -0.828. The van der Waals surface area contributed by atoms with Crippen LogP contribution in [-0.4, -0.2) is 18.2 Å². The SMILES string of the molecule is COc1cc(C#N)ccc1OC(=O)c1c(-c2c(F)cccc2Cl)noc1C. The van der Waals surface area contributed by atoms with Gasteiger partial charge in [-0.05, 0) is 31.2 Å². The maximum absolute atomic E-state index is 14.2. The first kappa shape index (κ1) is 18.4. The Morgan fingerprint density at radius 1 is 1.30 bits per heavy atom. The standard InChI is InChI=1S/C19H12ClFN2O4/c1-10-16(18(23-27-10)17-12(20)4-3-5-13(17)21)19(24)26-14-7-6-11(9-22)8-15(14)25-2/h3-8H,1-2H3. The van der Waals surface area contributed by atoms with Gasteiger partial charge in [-0.15, -0.1) is 0 Å². The number of hydrogen-bond donors (Lipinski definition) is 0. The second-order valence-corrected chi connectivity index (χ2v) is 5.83. The number of nitriles is 1. The van der Waals surface area contributed by atoms with E-state index in [1.165, 1.54) is 50.4 Å². The number of aromatic nitrogens is 1. The van der Waals surface area contributed by atoms with Gasteiger partial charge in [0.05, 0.1) is 29.3 Å². The highest BCUT2D eigenvalue weighted by Crippen LogP contribution is 2.35. The number of rotatable bonds is 4. The Morgan fingerprint density at radius 3 is 2.74 bits per heavy atom. The molecule has 1 aromatic heterocycles. The van der Waals surface area contributed by atoms with Crippen LogP contribution in [0.2, 0.25) is 5.02 Å². The lowest BCUT2D eigenvalue weighted by Gasteiger charge is -2.10. The third kappa shape index (κ3) is 3.48. The van der Waals surface area contributed by atoms with Gasteiger partial charge in [-0.3, -0.25) is 0 Å². The fraction of sp³-hybridized carbons (Fsp3) is 0.105. The van der Waals surface area contributed by atoms with Gasteiger partial charge >= 0.3 is 5.97 Å². The van der Waals surface area contributed by atoms with Crippen molar-refractivity contribution in [2.75, 3.05) is 7.11 Å². The molecule has 0 spiro atoms. The van der Waals surface area contributed by atoms with Crippen molar-refractivity contribution in [2.24, 2.45) is 0 Å². The summed E-state index contributed by atoms with van der Waals surface area (Å²) < 4.78 is 29.8. The number of ether oxygens (including phenoxy) is 2. The lowest BCUT2D eigenvalue weighted by atomic mass is 10.1. The van der Waals surface area contributed by atoms with Crippen molar-refractivity contribution in [3.05, 3.63) is 64.1 Å². The van der Waals surface area contributed by atoms with Crippen LogP contribution in [-0.2, 0) is 0 Å². The summed E-state index contributed by atoms with van der Waals surface area (Å²) in [6.45, 7) is 1.50. The number of esters is 1. The zero-order valence-electron chi connectivity index (χ0n) is 14.2. The van der Waals surface area contributed by atoms with Gasteiger partial charge in [0.1, 0.15) is 22.8 Å². The summed E-state index contributed by atoms with van der Waals surface area (Å²) in [6, 6.07) is 10.4. The summed E-state index contributed by atoms with van der Waals surface area (Å²) in [5.74, 6) is -1.05. The smallest absolute Gasteiger partial charge is 0.349 e. The molecule has 0 aliphatic heterocycles. The second-order valence-electron chi connectivity index (χ2n) is 5.43. The molecule has 0 bridgehead atoms. The number of aryl methyl sites for hydroxylation is 1. The molecule has 3 aromatic rings. The maximum atomic E-state index is 14.2. The van der Waals surface area contributed by atoms with Crippen molar-refractivity contribution in [3.8, 4) is 28.8 Å². The Morgan fingerprint density at radius 2 is 2.07 bits per heavy atom. The van der Waals surface area contributed by atoms with Crippen LogP contribution in [0.25, 0.3) is 11.3 Å². The largest absolute Gasteiger partial charge is 0.493 e. The Bertz CT molecular complexity index is 1050. The highest BCUT2D eigenvalue weighted by molar-refractivity contribution is 6.33. The van der Waals surface area contributed by atoms with Gasteiger partial charge in [0.15, 0.2) is 11.5 Å². The predicted molar refractivity (Wildman–Crippen MR) is 94.3 cm³/mol. The Balaban J connectivity index is 2.03. The van der Waals surface area contributed by atoms with Crippen LogP contribution in [0, 0.1) is 24.1 Å². The molecule has 0 saturated carbocycles. The van der Waals surface area contributed by atoms with E-state index in [4.69, 9.17) is 30.9 Å². The molecule has 0 aliphatic carbocycles. The Labute approximate surface area is 158 Å².